The average Bonchev–Trinajstić information content (AvgIpc) is 3.52. The van der Waals surface area contributed by atoms with Gasteiger partial charge < -0.3 is 20.0 Å². The van der Waals surface area contributed by atoms with Crippen molar-refractivity contribution in [3.8, 4) is 0 Å². The van der Waals surface area contributed by atoms with E-state index in [1.54, 1.807) is 4.90 Å². The molecule has 33 heavy (non-hydrogen) atoms. The Bertz CT molecular complexity index is 813. The smallest absolute Gasteiger partial charge is 0.317 e. The van der Waals surface area contributed by atoms with Gasteiger partial charge in [0, 0.05) is 37.7 Å². The maximum Gasteiger partial charge on any atom is 0.317 e. The third kappa shape index (κ3) is 6.63. The van der Waals surface area contributed by atoms with Crippen LogP contribution in [0.25, 0.3) is 0 Å². The van der Waals surface area contributed by atoms with E-state index >= 15 is 0 Å². The van der Waals surface area contributed by atoms with Gasteiger partial charge in [0.25, 0.3) is 0 Å². The minimum atomic E-state index is -0.107. The van der Waals surface area contributed by atoms with Gasteiger partial charge in [0.2, 0.25) is 5.91 Å². The molecule has 3 saturated heterocycles. The molecule has 0 saturated carbocycles. The molecule has 1 aromatic rings. The number of halogens is 1. The van der Waals surface area contributed by atoms with Gasteiger partial charge in [0.15, 0.2) is 0 Å². The first-order valence-corrected chi connectivity index (χ1v) is 13.2. The lowest BCUT2D eigenvalue weighted by Crippen LogP contribution is -2.46. The van der Waals surface area contributed by atoms with Crippen LogP contribution in [0.4, 0.5) is 4.79 Å². The van der Waals surface area contributed by atoms with Crippen LogP contribution >= 0.6 is 11.6 Å². The molecule has 4 rings (SSSR count). The van der Waals surface area contributed by atoms with Crippen molar-refractivity contribution in [1.82, 2.24) is 20.0 Å². The van der Waals surface area contributed by atoms with Gasteiger partial charge >= 0.3 is 6.03 Å². The summed E-state index contributed by atoms with van der Waals surface area (Å²) in [5.74, 6) is 1.08. The number of amides is 3. The Morgan fingerprint density at radius 3 is 2.36 bits per heavy atom. The van der Waals surface area contributed by atoms with Crippen molar-refractivity contribution in [1.29, 1.82) is 0 Å². The number of hydrogen-bond donors (Lipinski definition) is 1. The Balaban J connectivity index is 1.28. The number of rotatable bonds is 7. The van der Waals surface area contributed by atoms with E-state index in [0.717, 1.165) is 69.9 Å². The van der Waals surface area contributed by atoms with Crippen LogP contribution in [-0.2, 0) is 11.2 Å². The van der Waals surface area contributed by atoms with E-state index in [4.69, 9.17) is 11.6 Å². The maximum absolute atomic E-state index is 12.7. The molecule has 0 spiro atoms. The van der Waals surface area contributed by atoms with Crippen LogP contribution in [0.15, 0.2) is 18.2 Å². The summed E-state index contributed by atoms with van der Waals surface area (Å²) in [5.41, 5.74) is 2.78. The fourth-order valence-corrected chi connectivity index (χ4v) is 5.92. The van der Waals surface area contributed by atoms with E-state index in [1.807, 2.05) is 11.0 Å². The summed E-state index contributed by atoms with van der Waals surface area (Å²) in [7, 11) is 0. The van der Waals surface area contributed by atoms with E-state index in [0.29, 0.717) is 11.8 Å². The van der Waals surface area contributed by atoms with Crippen LogP contribution < -0.4 is 5.32 Å². The number of likely N-dealkylation sites (tertiary alicyclic amines) is 3. The number of carbonyl (C=O) groups is 2. The third-order valence-electron chi connectivity index (χ3n) is 7.51. The molecule has 182 valence electrons. The lowest BCUT2D eigenvalue weighted by atomic mass is 9.84. The molecule has 1 N–H and O–H groups in total. The zero-order chi connectivity index (χ0) is 23.2. The highest BCUT2D eigenvalue weighted by Gasteiger charge is 2.27. The van der Waals surface area contributed by atoms with E-state index < -0.39 is 0 Å². The maximum atomic E-state index is 12.7. The number of carbonyl (C=O) groups excluding carboxylic acids is 2. The Morgan fingerprint density at radius 2 is 1.67 bits per heavy atom. The normalized spacial score (nSPS) is 20.9. The van der Waals surface area contributed by atoms with Gasteiger partial charge in [-0.3, -0.25) is 4.79 Å². The van der Waals surface area contributed by atoms with Gasteiger partial charge in [-0.2, -0.15) is 0 Å². The predicted molar refractivity (Wildman–Crippen MR) is 133 cm³/mol. The van der Waals surface area contributed by atoms with Crippen LogP contribution in [0.3, 0.4) is 0 Å². The SMILES string of the molecule is CC(Cc1cc(Cl)ccc1C1CCN(C(=O)CNC(=O)N2CCCC2)CC1)CN1CCCC1. The molecule has 3 aliphatic heterocycles. The predicted octanol–water partition coefficient (Wildman–Crippen LogP) is 4.13. The highest BCUT2D eigenvalue weighted by Crippen LogP contribution is 2.33. The molecule has 1 atom stereocenters. The second kappa shape index (κ2) is 11.6. The summed E-state index contributed by atoms with van der Waals surface area (Å²) < 4.78 is 0. The summed E-state index contributed by atoms with van der Waals surface area (Å²) in [5, 5.41) is 3.62. The first-order chi connectivity index (χ1) is 16.0. The zero-order valence-corrected chi connectivity index (χ0v) is 20.8. The quantitative estimate of drug-likeness (QED) is 0.646. The largest absolute Gasteiger partial charge is 0.341 e. The number of hydrogen-bond acceptors (Lipinski definition) is 3. The topological polar surface area (TPSA) is 55.9 Å². The van der Waals surface area contributed by atoms with Crippen molar-refractivity contribution in [3.63, 3.8) is 0 Å². The number of piperidine rings is 1. The summed E-state index contributed by atoms with van der Waals surface area (Å²) in [6.45, 7) is 9.15. The molecule has 7 heteroatoms. The number of nitrogens with zero attached hydrogens (tertiary/aromatic N) is 3. The van der Waals surface area contributed by atoms with Crippen molar-refractivity contribution in [3.05, 3.63) is 34.3 Å². The lowest BCUT2D eigenvalue weighted by molar-refractivity contribution is -0.131. The molecular weight excluding hydrogens is 436 g/mol. The molecule has 0 radical (unpaired) electrons. The molecule has 3 fully saturated rings. The molecule has 3 amide bonds. The Hall–Kier alpha value is -1.79. The van der Waals surface area contributed by atoms with Gasteiger partial charge in [-0.05, 0) is 93.1 Å². The van der Waals surface area contributed by atoms with Crippen molar-refractivity contribution in [2.75, 3.05) is 52.4 Å². The molecule has 1 aromatic carbocycles. The first kappa shape index (κ1) is 24.3. The van der Waals surface area contributed by atoms with Gasteiger partial charge in [0.1, 0.15) is 0 Å². The lowest BCUT2D eigenvalue weighted by Gasteiger charge is -2.33. The van der Waals surface area contributed by atoms with Gasteiger partial charge in [0.05, 0.1) is 6.54 Å². The van der Waals surface area contributed by atoms with Gasteiger partial charge in [-0.15, -0.1) is 0 Å². The van der Waals surface area contributed by atoms with Crippen LogP contribution in [0.2, 0.25) is 5.02 Å². The Labute approximate surface area is 203 Å². The molecule has 0 aliphatic carbocycles. The molecule has 0 aromatic heterocycles. The monoisotopic (exact) mass is 474 g/mol. The molecule has 3 aliphatic rings. The minimum absolute atomic E-state index is 0.0246. The number of benzene rings is 1. The Kier molecular flexibility index (Phi) is 8.53. The minimum Gasteiger partial charge on any atom is -0.341 e. The number of nitrogens with one attached hydrogen (secondary N) is 1. The van der Waals surface area contributed by atoms with E-state index in [1.165, 1.54) is 37.1 Å². The summed E-state index contributed by atoms with van der Waals surface area (Å²) in [6.07, 6.45) is 7.73. The molecule has 6 nitrogen and oxygen atoms in total. The van der Waals surface area contributed by atoms with Crippen LogP contribution in [0, 0.1) is 5.92 Å². The molecular formula is C26H39ClN4O2. The van der Waals surface area contributed by atoms with Crippen LogP contribution in [0.5, 0.6) is 0 Å². The highest BCUT2D eigenvalue weighted by atomic mass is 35.5. The fraction of sp³-hybridized carbons (Fsp3) is 0.692. The second-order valence-corrected chi connectivity index (χ2v) is 10.6. The van der Waals surface area contributed by atoms with Crippen molar-refractivity contribution in [2.45, 2.75) is 57.8 Å². The van der Waals surface area contributed by atoms with Crippen LogP contribution in [-0.4, -0.2) is 79.0 Å². The zero-order valence-electron chi connectivity index (χ0n) is 20.0. The van der Waals surface area contributed by atoms with Crippen LogP contribution in [0.1, 0.15) is 62.5 Å². The van der Waals surface area contributed by atoms with Crippen molar-refractivity contribution >= 4 is 23.5 Å². The first-order valence-electron chi connectivity index (χ1n) is 12.8. The molecule has 3 heterocycles. The van der Waals surface area contributed by atoms with E-state index in [-0.39, 0.29) is 18.5 Å². The van der Waals surface area contributed by atoms with Gasteiger partial charge in [-0.1, -0.05) is 24.6 Å². The number of urea groups is 1. The third-order valence-corrected chi connectivity index (χ3v) is 7.75. The van der Waals surface area contributed by atoms with Crippen molar-refractivity contribution in [2.24, 2.45) is 5.92 Å². The summed E-state index contributed by atoms with van der Waals surface area (Å²) >= 11 is 6.38. The second-order valence-electron chi connectivity index (χ2n) is 10.2. The highest BCUT2D eigenvalue weighted by molar-refractivity contribution is 6.30. The van der Waals surface area contributed by atoms with Gasteiger partial charge in [-0.25, -0.2) is 4.79 Å². The van der Waals surface area contributed by atoms with Crippen molar-refractivity contribution < 1.29 is 9.59 Å². The molecule has 1 unspecified atom stereocenters. The van der Waals surface area contributed by atoms with E-state index in [9.17, 15) is 9.59 Å². The van der Waals surface area contributed by atoms with E-state index in [2.05, 4.69) is 29.3 Å². The summed E-state index contributed by atoms with van der Waals surface area (Å²) in [6, 6.07) is 6.27. The fourth-order valence-electron chi connectivity index (χ4n) is 5.73. The standard InChI is InChI=1S/C26H39ClN4O2/c1-20(19-29-10-2-3-11-29)16-22-17-23(27)6-7-24(22)21-8-14-30(15-9-21)25(32)18-28-26(33)31-12-4-5-13-31/h6-7,17,20-21H,2-5,8-16,18-19H2,1H3,(H,28,33). The average molecular weight is 475 g/mol. The molecule has 0 bridgehead atoms. The Morgan fingerprint density at radius 1 is 1.00 bits per heavy atom. The summed E-state index contributed by atoms with van der Waals surface area (Å²) in [4.78, 5) is 31.1.